The van der Waals surface area contributed by atoms with Crippen LogP contribution in [0.3, 0.4) is 0 Å². The average molecular weight is 180 g/mol. The SMILES string of the molecule is CCCNC1CCCc2oncc21. The predicted molar refractivity (Wildman–Crippen MR) is 50.5 cm³/mol. The lowest BCUT2D eigenvalue weighted by molar-refractivity contribution is 0.355. The third-order valence-electron chi connectivity index (χ3n) is 2.59. The number of nitrogens with zero attached hydrogens (tertiary/aromatic N) is 1. The van der Waals surface area contributed by atoms with Crippen molar-refractivity contribution in [3.8, 4) is 0 Å². The van der Waals surface area contributed by atoms with E-state index in [1.165, 1.54) is 24.8 Å². The van der Waals surface area contributed by atoms with Crippen LogP contribution in [0.25, 0.3) is 0 Å². The summed E-state index contributed by atoms with van der Waals surface area (Å²) < 4.78 is 5.18. The molecule has 0 aliphatic heterocycles. The van der Waals surface area contributed by atoms with Crippen molar-refractivity contribution < 1.29 is 4.52 Å². The second-order valence-corrected chi connectivity index (χ2v) is 3.60. The van der Waals surface area contributed by atoms with E-state index in [1.54, 1.807) is 0 Å². The highest BCUT2D eigenvalue weighted by atomic mass is 16.5. The summed E-state index contributed by atoms with van der Waals surface area (Å²) in [5.41, 5.74) is 1.28. The molecule has 0 saturated carbocycles. The minimum Gasteiger partial charge on any atom is -0.361 e. The molecule has 13 heavy (non-hydrogen) atoms. The number of fused-ring (bicyclic) bond motifs is 1. The minimum atomic E-state index is 0.481. The van der Waals surface area contributed by atoms with E-state index in [0.29, 0.717) is 6.04 Å². The Labute approximate surface area is 78.5 Å². The van der Waals surface area contributed by atoms with Gasteiger partial charge in [0.1, 0.15) is 5.76 Å². The summed E-state index contributed by atoms with van der Waals surface area (Å²) in [4.78, 5) is 0. The highest BCUT2D eigenvalue weighted by Gasteiger charge is 2.22. The van der Waals surface area contributed by atoms with E-state index >= 15 is 0 Å². The standard InChI is InChI=1S/C10H16N2O/c1-2-6-11-9-4-3-5-10-8(9)7-12-13-10/h7,9,11H,2-6H2,1H3. The highest BCUT2D eigenvalue weighted by Crippen LogP contribution is 2.28. The molecule has 0 spiro atoms. The lowest BCUT2D eigenvalue weighted by Gasteiger charge is -2.21. The Kier molecular flexibility index (Phi) is 2.64. The maximum absolute atomic E-state index is 5.18. The molecule has 3 heteroatoms. The molecule has 1 heterocycles. The number of hydrogen-bond acceptors (Lipinski definition) is 3. The summed E-state index contributed by atoms with van der Waals surface area (Å²) in [5.74, 6) is 1.08. The van der Waals surface area contributed by atoms with Crippen molar-refractivity contribution in [1.29, 1.82) is 0 Å². The fourth-order valence-electron chi connectivity index (χ4n) is 1.90. The van der Waals surface area contributed by atoms with Crippen LogP contribution in [-0.4, -0.2) is 11.7 Å². The maximum Gasteiger partial charge on any atom is 0.141 e. The average Bonchev–Trinajstić information content (AvgIpc) is 2.62. The van der Waals surface area contributed by atoms with Gasteiger partial charge in [0, 0.05) is 18.0 Å². The monoisotopic (exact) mass is 180 g/mol. The molecule has 1 aliphatic rings. The molecule has 1 aliphatic carbocycles. The molecule has 1 unspecified atom stereocenters. The molecule has 3 nitrogen and oxygen atoms in total. The Balaban J connectivity index is 2.07. The van der Waals surface area contributed by atoms with E-state index in [4.69, 9.17) is 4.52 Å². The third-order valence-corrected chi connectivity index (χ3v) is 2.59. The van der Waals surface area contributed by atoms with Crippen molar-refractivity contribution in [2.45, 2.75) is 38.6 Å². The Hall–Kier alpha value is -0.830. The molecule has 1 N–H and O–H groups in total. The fraction of sp³-hybridized carbons (Fsp3) is 0.700. The molecule has 2 rings (SSSR count). The third kappa shape index (κ3) is 1.75. The first-order valence-electron chi connectivity index (χ1n) is 5.08. The summed E-state index contributed by atoms with van der Waals surface area (Å²) in [6, 6.07) is 0.481. The first-order valence-corrected chi connectivity index (χ1v) is 5.08. The van der Waals surface area contributed by atoms with Gasteiger partial charge in [-0.05, 0) is 25.8 Å². The van der Waals surface area contributed by atoms with Gasteiger partial charge in [-0.1, -0.05) is 12.1 Å². The molecule has 0 amide bonds. The minimum absolute atomic E-state index is 0.481. The predicted octanol–water partition coefficient (Wildman–Crippen LogP) is 2.05. The van der Waals surface area contributed by atoms with Gasteiger partial charge in [0.2, 0.25) is 0 Å². The van der Waals surface area contributed by atoms with Gasteiger partial charge in [-0.3, -0.25) is 0 Å². The van der Waals surface area contributed by atoms with E-state index < -0.39 is 0 Å². The first-order chi connectivity index (χ1) is 6.42. The second-order valence-electron chi connectivity index (χ2n) is 3.60. The van der Waals surface area contributed by atoms with Gasteiger partial charge in [-0.15, -0.1) is 0 Å². The highest BCUT2D eigenvalue weighted by molar-refractivity contribution is 5.20. The van der Waals surface area contributed by atoms with Crippen molar-refractivity contribution in [2.75, 3.05) is 6.54 Å². The van der Waals surface area contributed by atoms with E-state index in [2.05, 4.69) is 17.4 Å². The number of aryl methyl sites for hydroxylation is 1. The van der Waals surface area contributed by atoms with E-state index in [0.717, 1.165) is 18.7 Å². The first kappa shape index (κ1) is 8.75. The van der Waals surface area contributed by atoms with Crippen molar-refractivity contribution >= 4 is 0 Å². The summed E-state index contributed by atoms with van der Waals surface area (Å²) in [6.07, 6.45) is 6.52. The Bertz CT molecular complexity index is 270. The van der Waals surface area contributed by atoms with Gasteiger partial charge in [0.15, 0.2) is 0 Å². The van der Waals surface area contributed by atoms with Gasteiger partial charge < -0.3 is 9.84 Å². The van der Waals surface area contributed by atoms with Gasteiger partial charge in [0.05, 0.1) is 6.20 Å². The Morgan fingerprint density at radius 3 is 3.46 bits per heavy atom. The van der Waals surface area contributed by atoms with Crippen LogP contribution in [0, 0.1) is 0 Å². The summed E-state index contributed by atoms with van der Waals surface area (Å²) in [6.45, 7) is 3.26. The topological polar surface area (TPSA) is 38.1 Å². The zero-order chi connectivity index (χ0) is 9.10. The zero-order valence-electron chi connectivity index (χ0n) is 8.05. The van der Waals surface area contributed by atoms with Crippen LogP contribution in [0.15, 0.2) is 10.7 Å². The molecule has 0 radical (unpaired) electrons. The summed E-state index contributed by atoms with van der Waals surface area (Å²) >= 11 is 0. The largest absolute Gasteiger partial charge is 0.361 e. The lowest BCUT2D eigenvalue weighted by atomic mass is 9.94. The maximum atomic E-state index is 5.18. The molecule has 72 valence electrons. The van der Waals surface area contributed by atoms with Crippen LogP contribution in [-0.2, 0) is 6.42 Å². The molecule has 1 aromatic heterocycles. The molecule has 0 aromatic carbocycles. The summed E-state index contributed by atoms with van der Waals surface area (Å²) in [7, 11) is 0. The normalized spacial score (nSPS) is 21.5. The molecule has 0 saturated heterocycles. The van der Waals surface area contributed by atoms with Crippen LogP contribution in [0.4, 0.5) is 0 Å². The number of hydrogen-bond donors (Lipinski definition) is 1. The molecular formula is C10H16N2O. The van der Waals surface area contributed by atoms with Crippen LogP contribution in [0.1, 0.15) is 43.6 Å². The Morgan fingerprint density at radius 1 is 1.69 bits per heavy atom. The van der Waals surface area contributed by atoms with Gasteiger partial charge in [0.25, 0.3) is 0 Å². The summed E-state index contributed by atoms with van der Waals surface area (Å²) in [5, 5.41) is 7.36. The van der Waals surface area contributed by atoms with Gasteiger partial charge in [-0.2, -0.15) is 0 Å². The molecule has 1 aromatic rings. The second kappa shape index (κ2) is 3.92. The van der Waals surface area contributed by atoms with Crippen molar-refractivity contribution in [3.63, 3.8) is 0 Å². The molecule has 0 fully saturated rings. The number of nitrogens with one attached hydrogen (secondary N) is 1. The van der Waals surface area contributed by atoms with Gasteiger partial charge in [-0.25, -0.2) is 0 Å². The lowest BCUT2D eigenvalue weighted by Crippen LogP contribution is -2.24. The molecular weight excluding hydrogens is 164 g/mol. The molecule has 0 bridgehead atoms. The van der Waals surface area contributed by atoms with Crippen molar-refractivity contribution in [2.24, 2.45) is 0 Å². The van der Waals surface area contributed by atoms with Crippen molar-refractivity contribution in [3.05, 3.63) is 17.5 Å². The zero-order valence-corrected chi connectivity index (χ0v) is 8.05. The smallest absolute Gasteiger partial charge is 0.141 e. The fourth-order valence-corrected chi connectivity index (χ4v) is 1.90. The van der Waals surface area contributed by atoms with E-state index in [1.807, 2.05) is 6.20 Å². The van der Waals surface area contributed by atoms with Crippen LogP contribution in [0.2, 0.25) is 0 Å². The van der Waals surface area contributed by atoms with E-state index in [-0.39, 0.29) is 0 Å². The van der Waals surface area contributed by atoms with Crippen LogP contribution < -0.4 is 5.32 Å². The number of aromatic nitrogens is 1. The van der Waals surface area contributed by atoms with Gasteiger partial charge >= 0.3 is 0 Å². The van der Waals surface area contributed by atoms with Crippen LogP contribution >= 0.6 is 0 Å². The van der Waals surface area contributed by atoms with Crippen LogP contribution in [0.5, 0.6) is 0 Å². The molecule has 1 atom stereocenters. The van der Waals surface area contributed by atoms with E-state index in [9.17, 15) is 0 Å². The Morgan fingerprint density at radius 2 is 2.62 bits per heavy atom. The quantitative estimate of drug-likeness (QED) is 0.773. The van der Waals surface area contributed by atoms with Crippen molar-refractivity contribution in [1.82, 2.24) is 10.5 Å². The number of rotatable bonds is 3.